The summed E-state index contributed by atoms with van der Waals surface area (Å²) in [4.78, 5) is 4.24. The highest BCUT2D eigenvalue weighted by Crippen LogP contribution is 2.19. The van der Waals surface area contributed by atoms with Gasteiger partial charge in [0, 0.05) is 18.3 Å². The molecular weight excluding hydrogens is 417 g/mol. The van der Waals surface area contributed by atoms with Gasteiger partial charge in [-0.15, -0.1) is 24.0 Å². The van der Waals surface area contributed by atoms with E-state index in [1.165, 1.54) is 0 Å². The zero-order valence-electron chi connectivity index (χ0n) is 12.5. The second-order valence-electron chi connectivity index (χ2n) is 5.21. The van der Waals surface area contributed by atoms with Crippen molar-refractivity contribution in [2.24, 2.45) is 16.6 Å². The summed E-state index contributed by atoms with van der Waals surface area (Å²) in [5.41, 5.74) is 6.61. The minimum absolute atomic E-state index is 0. The molecule has 0 amide bonds. The van der Waals surface area contributed by atoms with E-state index in [9.17, 15) is 8.42 Å². The van der Waals surface area contributed by atoms with Gasteiger partial charge in [-0.25, -0.2) is 8.42 Å². The molecule has 0 spiro atoms. The number of guanidine groups is 1. The molecule has 0 saturated carbocycles. The summed E-state index contributed by atoms with van der Waals surface area (Å²) in [7, 11) is -1.30. The van der Waals surface area contributed by atoms with E-state index < -0.39 is 9.84 Å². The van der Waals surface area contributed by atoms with Crippen LogP contribution in [-0.2, 0) is 9.84 Å². The maximum Gasteiger partial charge on any atom is 0.193 e. The van der Waals surface area contributed by atoms with Crippen LogP contribution in [0.2, 0.25) is 0 Å². The van der Waals surface area contributed by atoms with Gasteiger partial charge in [0.15, 0.2) is 15.8 Å². The number of nitrogens with zero attached hydrogens (tertiary/aromatic N) is 1. The van der Waals surface area contributed by atoms with Gasteiger partial charge in [0.25, 0.3) is 0 Å². The highest BCUT2D eigenvalue weighted by atomic mass is 127. The van der Waals surface area contributed by atoms with Crippen molar-refractivity contribution in [1.29, 1.82) is 0 Å². The molecular formula is C14H22IN3O3S. The third kappa shape index (κ3) is 5.99. The number of nitrogens with one attached hydrogen (secondary N) is 1. The number of anilines is 1. The fourth-order valence-electron chi connectivity index (χ4n) is 2.38. The summed E-state index contributed by atoms with van der Waals surface area (Å²) in [5, 5.41) is 2.98. The highest BCUT2D eigenvalue weighted by Gasteiger charge is 2.24. The molecule has 6 nitrogen and oxygen atoms in total. The summed E-state index contributed by atoms with van der Waals surface area (Å²) < 4.78 is 28.2. The van der Waals surface area contributed by atoms with Crippen LogP contribution in [-0.4, -0.2) is 39.5 Å². The van der Waals surface area contributed by atoms with Crippen molar-refractivity contribution in [3.05, 3.63) is 24.3 Å². The first kappa shape index (κ1) is 19.0. The van der Waals surface area contributed by atoms with Crippen LogP contribution in [0.5, 0.6) is 5.75 Å². The van der Waals surface area contributed by atoms with Crippen LogP contribution in [0, 0.1) is 5.92 Å². The summed E-state index contributed by atoms with van der Waals surface area (Å²) in [6.45, 7) is 0.433. The Kier molecular flexibility index (Phi) is 7.40. The van der Waals surface area contributed by atoms with Crippen LogP contribution >= 0.6 is 24.0 Å². The molecule has 1 aliphatic heterocycles. The lowest BCUT2D eigenvalue weighted by atomic mass is 10.1. The summed E-state index contributed by atoms with van der Waals surface area (Å²) >= 11 is 0. The molecule has 1 aromatic rings. The van der Waals surface area contributed by atoms with Crippen molar-refractivity contribution in [1.82, 2.24) is 0 Å². The number of benzene rings is 1. The van der Waals surface area contributed by atoms with Crippen molar-refractivity contribution < 1.29 is 13.2 Å². The fraction of sp³-hybridized carbons (Fsp3) is 0.500. The van der Waals surface area contributed by atoms with Crippen LogP contribution < -0.4 is 15.8 Å². The van der Waals surface area contributed by atoms with E-state index >= 15 is 0 Å². The van der Waals surface area contributed by atoms with E-state index in [2.05, 4.69) is 10.3 Å². The van der Waals surface area contributed by atoms with Gasteiger partial charge in [-0.05, 0) is 30.9 Å². The van der Waals surface area contributed by atoms with E-state index in [4.69, 9.17) is 10.5 Å². The molecule has 2 rings (SSSR count). The molecule has 1 aliphatic rings. The number of rotatable bonds is 4. The Morgan fingerprint density at radius 1 is 1.50 bits per heavy atom. The van der Waals surface area contributed by atoms with Gasteiger partial charge in [-0.1, -0.05) is 6.07 Å². The van der Waals surface area contributed by atoms with Crippen molar-refractivity contribution in [3.63, 3.8) is 0 Å². The lowest BCUT2D eigenvalue weighted by Gasteiger charge is -2.20. The average molecular weight is 439 g/mol. The fourth-order valence-corrected chi connectivity index (χ4v) is 4.14. The number of nitrogens with two attached hydrogens (primary N) is 1. The Morgan fingerprint density at radius 3 is 2.95 bits per heavy atom. The molecule has 1 aromatic carbocycles. The molecule has 1 heterocycles. The van der Waals surface area contributed by atoms with Gasteiger partial charge in [0.1, 0.15) is 5.75 Å². The average Bonchev–Trinajstić information content (AvgIpc) is 2.44. The second-order valence-corrected chi connectivity index (χ2v) is 7.43. The normalized spacial score (nSPS) is 20.8. The monoisotopic (exact) mass is 439 g/mol. The molecule has 0 bridgehead atoms. The molecule has 8 heteroatoms. The summed E-state index contributed by atoms with van der Waals surface area (Å²) in [6, 6.07) is 7.36. The SMILES string of the molecule is COc1cccc(NC(N)=NCC2CCCS(=O)(=O)C2)c1.I. The smallest absolute Gasteiger partial charge is 0.193 e. The lowest BCUT2D eigenvalue weighted by molar-refractivity contribution is 0.415. The second kappa shape index (κ2) is 8.56. The van der Waals surface area contributed by atoms with Gasteiger partial charge in [-0.3, -0.25) is 4.99 Å². The van der Waals surface area contributed by atoms with Gasteiger partial charge >= 0.3 is 0 Å². The number of ether oxygens (including phenoxy) is 1. The summed E-state index contributed by atoms with van der Waals surface area (Å²) in [5.74, 6) is 1.58. The number of aliphatic imine (C=N–C) groups is 1. The maximum absolute atomic E-state index is 11.6. The zero-order chi connectivity index (χ0) is 15.3. The van der Waals surface area contributed by atoms with E-state index in [1.54, 1.807) is 7.11 Å². The maximum atomic E-state index is 11.6. The Labute approximate surface area is 148 Å². The molecule has 124 valence electrons. The van der Waals surface area contributed by atoms with Crippen LogP contribution in [0.4, 0.5) is 5.69 Å². The number of hydrogen-bond donors (Lipinski definition) is 2. The van der Waals surface area contributed by atoms with Crippen molar-refractivity contribution in [3.8, 4) is 5.75 Å². The first-order valence-corrected chi connectivity index (χ1v) is 8.72. The molecule has 0 aliphatic carbocycles. The van der Waals surface area contributed by atoms with E-state index in [-0.39, 0.29) is 41.6 Å². The minimum atomic E-state index is -2.89. The van der Waals surface area contributed by atoms with Gasteiger partial charge in [0.2, 0.25) is 0 Å². The predicted octanol–water partition coefficient (Wildman–Crippen LogP) is 1.86. The number of sulfone groups is 1. The summed E-state index contributed by atoms with van der Waals surface area (Å²) in [6.07, 6.45) is 1.60. The molecule has 1 unspecified atom stereocenters. The van der Waals surface area contributed by atoms with E-state index in [1.807, 2.05) is 24.3 Å². The zero-order valence-corrected chi connectivity index (χ0v) is 15.6. The molecule has 0 radical (unpaired) electrons. The molecule has 1 fully saturated rings. The largest absolute Gasteiger partial charge is 0.497 e. The molecule has 22 heavy (non-hydrogen) atoms. The standard InChI is InChI=1S/C14H21N3O3S.HI/c1-20-13-6-2-5-12(8-13)17-14(15)16-9-11-4-3-7-21(18,19)10-11;/h2,5-6,8,11H,3-4,7,9-10H2,1H3,(H3,15,16,17);1H. The molecule has 1 saturated heterocycles. The minimum Gasteiger partial charge on any atom is -0.497 e. The van der Waals surface area contributed by atoms with Gasteiger partial charge < -0.3 is 15.8 Å². The Bertz CT molecular complexity index is 620. The molecule has 0 aromatic heterocycles. The van der Waals surface area contributed by atoms with Gasteiger partial charge in [-0.2, -0.15) is 0 Å². The van der Waals surface area contributed by atoms with E-state index in [0.717, 1.165) is 17.9 Å². The molecule has 3 N–H and O–H groups in total. The number of hydrogen-bond acceptors (Lipinski definition) is 4. The number of methoxy groups -OCH3 is 1. The number of halogens is 1. The van der Waals surface area contributed by atoms with Crippen LogP contribution in [0.25, 0.3) is 0 Å². The van der Waals surface area contributed by atoms with Crippen molar-refractivity contribution in [2.75, 3.05) is 30.5 Å². The predicted molar refractivity (Wildman–Crippen MR) is 99.9 cm³/mol. The highest BCUT2D eigenvalue weighted by molar-refractivity contribution is 14.0. The first-order valence-electron chi connectivity index (χ1n) is 6.90. The van der Waals surface area contributed by atoms with E-state index in [0.29, 0.717) is 18.7 Å². The van der Waals surface area contributed by atoms with Gasteiger partial charge in [0.05, 0.1) is 18.6 Å². The van der Waals surface area contributed by atoms with Crippen LogP contribution in [0.3, 0.4) is 0 Å². The topological polar surface area (TPSA) is 93.8 Å². The third-order valence-corrected chi connectivity index (χ3v) is 5.31. The lowest BCUT2D eigenvalue weighted by Crippen LogP contribution is -2.29. The van der Waals surface area contributed by atoms with Crippen LogP contribution in [0.1, 0.15) is 12.8 Å². The van der Waals surface area contributed by atoms with Crippen molar-refractivity contribution >= 4 is 45.5 Å². The Hall–Kier alpha value is -1.03. The quantitative estimate of drug-likeness (QED) is 0.425. The van der Waals surface area contributed by atoms with Crippen molar-refractivity contribution in [2.45, 2.75) is 12.8 Å². The third-order valence-electron chi connectivity index (χ3n) is 3.42. The Morgan fingerprint density at radius 2 is 2.27 bits per heavy atom. The Balaban J connectivity index is 0.00000242. The first-order chi connectivity index (χ1) is 9.98. The molecule has 1 atom stereocenters. The van der Waals surface area contributed by atoms with Crippen LogP contribution in [0.15, 0.2) is 29.3 Å².